The van der Waals surface area contributed by atoms with E-state index >= 15 is 0 Å². The molecule has 1 aliphatic carbocycles. The van der Waals surface area contributed by atoms with E-state index in [1.165, 1.54) is 43.9 Å². The van der Waals surface area contributed by atoms with E-state index in [9.17, 15) is 4.79 Å². The second-order valence-corrected chi connectivity index (χ2v) is 11.1. The van der Waals surface area contributed by atoms with Gasteiger partial charge in [0, 0.05) is 17.9 Å². The van der Waals surface area contributed by atoms with Gasteiger partial charge in [-0.2, -0.15) is 5.10 Å². The maximum atomic E-state index is 13.2. The maximum Gasteiger partial charge on any atom is 0.277 e. The SMILES string of the molecule is O=C(CSc1nnc(CCC2CCCCC2)o1)N1N=C(c2cccs2)CC1c1ccc(Cl)cc1. The summed E-state index contributed by atoms with van der Waals surface area (Å²) in [6.45, 7) is 0. The Hall–Kier alpha value is -2.16. The number of hydrogen-bond acceptors (Lipinski definition) is 7. The minimum Gasteiger partial charge on any atom is -0.416 e. The van der Waals surface area contributed by atoms with Gasteiger partial charge in [-0.1, -0.05) is 73.7 Å². The molecular formula is C25H27ClN4O2S2. The summed E-state index contributed by atoms with van der Waals surface area (Å²) in [5.41, 5.74) is 1.94. The molecule has 2 aliphatic rings. The van der Waals surface area contributed by atoms with Crippen molar-refractivity contribution in [1.82, 2.24) is 15.2 Å². The molecule has 0 radical (unpaired) electrons. The minimum atomic E-state index is -0.156. The smallest absolute Gasteiger partial charge is 0.277 e. The van der Waals surface area contributed by atoms with Crippen molar-refractivity contribution in [2.24, 2.45) is 11.0 Å². The zero-order chi connectivity index (χ0) is 23.3. The molecular weight excluding hydrogens is 488 g/mol. The second-order valence-electron chi connectivity index (χ2n) is 8.83. The van der Waals surface area contributed by atoms with E-state index in [4.69, 9.17) is 21.1 Å². The number of carbonyl (C=O) groups excluding carboxylic acids is 1. The lowest BCUT2D eigenvalue weighted by atomic mass is 9.86. The van der Waals surface area contributed by atoms with Gasteiger partial charge in [-0.05, 0) is 41.5 Å². The molecule has 3 aromatic rings. The molecule has 9 heteroatoms. The topological polar surface area (TPSA) is 71.6 Å². The number of nitrogens with zero attached hydrogens (tertiary/aromatic N) is 4. The molecule has 0 spiro atoms. The molecule has 1 saturated carbocycles. The normalized spacial score (nSPS) is 18.9. The number of aromatic nitrogens is 2. The van der Waals surface area contributed by atoms with Crippen LogP contribution < -0.4 is 0 Å². The van der Waals surface area contributed by atoms with Crippen LogP contribution in [0.4, 0.5) is 0 Å². The number of halogens is 1. The molecule has 0 saturated heterocycles. The van der Waals surface area contributed by atoms with Gasteiger partial charge in [-0.15, -0.1) is 21.5 Å². The molecule has 178 valence electrons. The number of thiophene rings is 1. The molecule has 1 atom stereocenters. The lowest BCUT2D eigenvalue weighted by Crippen LogP contribution is -2.28. The first-order valence-electron chi connectivity index (χ1n) is 11.8. The molecule has 1 unspecified atom stereocenters. The Kier molecular flexibility index (Phi) is 7.67. The van der Waals surface area contributed by atoms with Gasteiger partial charge in [-0.3, -0.25) is 4.79 Å². The minimum absolute atomic E-state index is 0.0848. The van der Waals surface area contributed by atoms with E-state index in [0.29, 0.717) is 22.6 Å². The molecule has 6 nitrogen and oxygen atoms in total. The lowest BCUT2D eigenvalue weighted by molar-refractivity contribution is -0.130. The highest BCUT2D eigenvalue weighted by Gasteiger charge is 2.33. The van der Waals surface area contributed by atoms with Crippen LogP contribution in [0.3, 0.4) is 0 Å². The van der Waals surface area contributed by atoms with Crippen molar-refractivity contribution in [3.05, 3.63) is 63.1 Å². The van der Waals surface area contributed by atoms with Crippen molar-refractivity contribution in [2.45, 2.75) is 62.6 Å². The van der Waals surface area contributed by atoms with Crippen molar-refractivity contribution in [2.75, 3.05) is 5.75 Å². The van der Waals surface area contributed by atoms with Crippen LogP contribution in [0, 0.1) is 5.92 Å². The molecule has 34 heavy (non-hydrogen) atoms. The summed E-state index contributed by atoms with van der Waals surface area (Å²) in [7, 11) is 0. The van der Waals surface area contributed by atoms with Crippen molar-refractivity contribution >= 4 is 46.3 Å². The van der Waals surface area contributed by atoms with Crippen molar-refractivity contribution in [3.63, 3.8) is 0 Å². The Morgan fingerprint density at radius 3 is 2.74 bits per heavy atom. The first-order valence-corrected chi connectivity index (χ1v) is 14.0. The van der Waals surface area contributed by atoms with Crippen molar-refractivity contribution in [1.29, 1.82) is 0 Å². The number of aryl methyl sites for hydroxylation is 1. The third-order valence-electron chi connectivity index (χ3n) is 6.48. The van der Waals surface area contributed by atoms with Gasteiger partial charge in [0.1, 0.15) is 0 Å². The van der Waals surface area contributed by atoms with Gasteiger partial charge >= 0.3 is 0 Å². The fourth-order valence-electron chi connectivity index (χ4n) is 4.67. The fraction of sp³-hybridized carbons (Fsp3) is 0.440. The third-order valence-corrected chi connectivity index (χ3v) is 8.46. The van der Waals surface area contributed by atoms with Gasteiger partial charge in [0.05, 0.1) is 22.4 Å². The van der Waals surface area contributed by atoms with Crippen LogP contribution in [0.25, 0.3) is 0 Å². The van der Waals surface area contributed by atoms with Crippen LogP contribution in [0.15, 0.2) is 56.5 Å². The first-order chi connectivity index (χ1) is 16.7. The van der Waals surface area contributed by atoms with Crippen molar-refractivity contribution < 1.29 is 9.21 Å². The Labute approximate surface area is 212 Å². The number of hydrogen-bond donors (Lipinski definition) is 0. The average Bonchev–Trinajstić information content (AvgIpc) is 3.63. The molecule has 0 bridgehead atoms. The van der Waals surface area contributed by atoms with Gasteiger partial charge in [0.25, 0.3) is 11.1 Å². The highest BCUT2D eigenvalue weighted by Crippen LogP contribution is 2.35. The lowest BCUT2D eigenvalue weighted by Gasteiger charge is -2.21. The van der Waals surface area contributed by atoms with Crippen LogP contribution in [-0.4, -0.2) is 32.6 Å². The largest absolute Gasteiger partial charge is 0.416 e. The molecule has 1 aliphatic heterocycles. The third kappa shape index (κ3) is 5.73. The molecule has 1 aromatic carbocycles. The van der Waals surface area contributed by atoms with E-state index in [2.05, 4.69) is 10.2 Å². The number of amides is 1. The monoisotopic (exact) mass is 514 g/mol. The predicted molar refractivity (Wildman–Crippen MR) is 136 cm³/mol. The average molecular weight is 515 g/mol. The number of hydrazone groups is 1. The Balaban J connectivity index is 1.22. The van der Waals surface area contributed by atoms with E-state index in [0.717, 1.165) is 34.9 Å². The van der Waals surface area contributed by atoms with E-state index in [1.54, 1.807) is 16.3 Å². The van der Waals surface area contributed by atoms with E-state index < -0.39 is 0 Å². The van der Waals surface area contributed by atoms with Crippen molar-refractivity contribution in [3.8, 4) is 0 Å². The number of carbonyl (C=O) groups is 1. The highest BCUT2D eigenvalue weighted by molar-refractivity contribution is 7.99. The quantitative estimate of drug-likeness (QED) is 0.310. The van der Waals surface area contributed by atoms with Gasteiger partial charge in [0.2, 0.25) is 5.89 Å². The Bertz CT molecular complexity index is 1120. The zero-order valence-electron chi connectivity index (χ0n) is 18.9. The summed E-state index contributed by atoms with van der Waals surface area (Å²) in [6.07, 6.45) is 9.23. The summed E-state index contributed by atoms with van der Waals surface area (Å²) < 4.78 is 5.81. The fourth-order valence-corrected chi connectivity index (χ4v) is 6.15. The maximum absolute atomic E-state index is 13.2. The van der Waals surface area contributed by atoms with Gasteiger partial charge in [-0.25, -0.2) is 5.01 Å². The molecule has 2 aromatic heterocycles. The van der Waals surface area contributed by atoms with Crippen LogP contribution in [0.2, 0.25) is 5.02 Å². The number of rotatable bonds is 8. The van der Waals surface area contributed by atoms with E-state index in [1.807, 2.05) is 41.8 Å². The van der Waals surface area contributed by atoms with Gasteiger partial charge < -0.3 is 4.42 Å². The Morgan fingerprint density at radius 2 is 1.97 bits per heavy atom. The summed E-state index contributed by atoms with van der Waals surface area (Å²) >= 11 is 8.99. The molecule has 3 heterocycles. The molecule has 1 amide bonds. The predicted octanol–water partition coefficient (Wildman–Crippen LogP) is 6.77. The highest BCUT2D eigenvalue weighted by atomic mass is 35.5. The molecule has 1 fully saturated rings. The number of thioether (sulfide) groups is 1. The number of benzene rings is 1. The first kappa shape index (κ1) is 23.6. The summed E-state index contributed by atoms with van der Waals surface area (Å²) in [4.78, 5) is 14.3. The van der Waals surface area contributed by atoms with Crippen LogP contribution in [0.1, 0.15) is 67.3 Å². The summed E-state index contributed by atoms with van der Waals surface area (Å²) in [5, 5.41) is 17.8. The standard InChI is InChI=1S/C25H27ClN4O2S2/c26-19-11-9-18(10-12-19)21-15-20(22-7-4-14-33-22)29-30(21)24(31)16-34-25-28-27-23(32-25)13-8-17-5-2-1-3-6-17/h4,7,9-12,14,17,21H,1-3,5-6,8,13,15-16H2. The second kappa shape index (κ2) is 11.1. The van der Waals surface area contributed by atoms with Crippen LogP contribution >= 0.6 is 34.7 Å². The summed E-state index contributed by atoms with van der Waals surface area (Å²) in [5.74, 6) is 1.54. The zero-order valence-corrected chi connectivity index (χ0v) is 21.2. The molecule has 0 N–H and O–H groups in total. The van der Waals surface area contributed by atoms with Gasteiger partial charge in [0.15, 0.2) is 0 Å². The summed E-state index contributed by atoms with van der Waals surface area (Å²) in [6, 6.07) is 11.5. The van der Waals surface area contributed by atoms with Crippen LogP contribution in [0.5, 0.6) is 0 Å². The molecule has 5 rings (SSSR count). The van der Waals surface area contributed by atoms with Crippen LogP contribution in [-0.2, 0) is 11.2 Å². The van der Waals surface area contributed by atoms with E-state index in [-0.39, 0.29) is 17.7 Å². The Morgan fingerprint density at radius 1 is 1.15 bits per heavy atom.